The van der Waals surface area contributed by atoms with Gasteiger partial charge in [-0.1, -0.05) is 42.5 Å². The molecule has 2 aromatic rings. The minimum absolute atomic E-state index is 0. The highest BCUT2D eigenvalue weighted by atomic mass is 35.5. The molecule has 0 saturated heterocycles. The van der Waals surface area contributed by atoms with Gasteiger partial charge in [-0.15, -0.1) is 12.4 Å². The number of ether oxygens (including phenoxy) is 1. The molecule has 0 saturated carbocycles. The summed E-state index contributed by atoms with van der Waals surface area (Å²) in [5.74, 6) is -0.118. The fourth-order valence-corrected chi connectivity index (χ4v) is 2.27. The summed E-state index contributed by atoms with van der Waals surface area (Å²) in [5, 5.41) is 2.88. The number of halogens is 1. The summed E-state index contributed by atoms with van der Waals surface area (Å²) in [6.45, 7) is 2.09. The number of carbonyl (C=O) groups is 1. The predicted octanol–water partition coefficient (Wildman–Crippen LogP) is 3.46. The van der Waals surface area contributed by atoms with Gasteiger partial charge in [0.05, 0.1) is 12.2 Å². The van der Waals surface area contributed by atoms with Crippen LogP contribution in [0.4, 0.5) is 5.69 Å². The zero-order chi connectivity index (χ0) is 16.3. The molecule has 3 N–H and O–H groups in total. The third-order valence-corrected chi connectivity index (χ3v) is 3.58. The zero-order valence-corrected chi connectivity index (χ0v) is 14.6. The van der Waals surface area contributed by atoms with Crippen molar-refractivity contribution in [3.63, 3.8) is 0 Å². The molecule has 0 aliphatic carbocycles. The average Bonchev–Trinajstić information content (AvgIpc) is 2.58. The number of nitrogen functional groups attached to an aromatic ring is 1. The molecule has 0 spiro atoms. The van der Waals surface area contributed by atoms with Gasteiger partial charge in [-0.2, -0.15) is 0 Å². The molecule has 24 heavy (non-hydrogen) atoms. The molecule has 0 aliphatic rings. The van der Waals surface area contributed by atoms with Crippen LogP contribution in [0.1, 0.15) is 28.8 Å². The number of anilines is 1. The van der Waals surface area contributed by atoms with Gasteiger partial charge in [0.2, 0.25) is 0 Å². The van der Waals surface area contributed by atoms with Gasteiger partial charge in [-0.3, -0.25) is 4.79 Å². The van der Waals surface area contributed by atoms with Crippen LogP contribution >= 0.6 is 12.4 Å². The summed E-state index contributed by atoms with van der Waals surface area (Å²) in [6, 6.07) is 17.4. The van der Waals surface area contributed by atoms with Crippen LogP contribution in [-0.2, 0) is 11.2 Å². The lowest BCUT2D eigenvalue weighted by Gasteiger charge is -2.08. The van der Waals surface area contributed by atoms with Crippen LogP contribution in [0.15, 0.2) is 54.6 Å². The molecule has 0 heterocycles. The third kappa shape index (κ3) is 7.02. The van der Waals surface area contributed by atoms with E-state index in [1.165, 1.54) is 5.56 Å². The number of unbranched alkanes of at least 4 members (excludes halogenated alkanes) is 1. The second kappa shape index (κ2) is 11.5. The minimum Gasteiger partial charge on any atom is -0.398 e. The molecular formula is C19H25ClN2O2. The number of nitrogens with two attached hydrogens (primary N) is 1. The summed E-state index contributed by atoms with van der Waals surface area (Å²) < 4.78 is 5.62. The van der Waals surface area contributed by atoms with Gasteiger partial charge in [-0.25, -0.2) is 0 Å². The summed E-state index contributed by atoms with van der Waals surface area (Å²) >= 11 is 0. The summed E-state index contributed by atoms with van der Waals surface area (Å²) in [6.07, 6.45) is 2.76. The first-order chi connectivity index (χ1) is 11.3. The van der Waals surface area contributed by atoms with E-state index in [2.05, 4.69) is 17.4 Å². The molecule has 2 rings (SSSR count). The monoisotopic (exact) mass is 348 g/mol. The zero-order valence-electron chi connectivity index (χ0n) is 13.7. The van der Waals surface area contributed by atoms with Crippen molar-refractivity contribution >= 4 is 24.0 Å². The Morgan fingerprint density at radius 3 is 2.42 bits per heavy atom. The number of carbonyl (C=O) groups excluding carboxylic acids is 1. The van der Waals surface area contributed by atoms with Crippen molar-refractivity contribution in [1.29, 1.82) is 0 Å². The van der Waals surface area contributed by atoms with Crippen molar-refractivity contribution in [1.82, 2.24) is 5.32 Å². The molecular weight excluding hydrogens is 324 g/mol. The van der Waals surface area contributed by atoms with Gasteiger partial charge in [0.25, 0.3) is 5.91 Å². The summed E-state index contributed by atoms with van der Waals surface area (Å²) in [7, 11) is 0. The van der Waals surface area contributed by atoms with Crippen LogP contribution in [0.2, 0.25) is 0 Å². The molecule has 2 aromatic carbocycles. The molecule has 0 bridgehead atoms. The Kier molecular flexibility index (Phi) is 9.58. The maximum atomic E-state index is 11.9. The van der Waals surface area contributed by atoms with Crippen LogP contribution in [0.3, 0.4) is 0 Å². The fourth-order valence-electron chi connectivity index (χ4n) is 2.27. The molecule has 130 valence electrons. The number of nitrogens with one attached hydrogen (secondary N) is 1. The first-order valence-electron chi connectivity index (χ1n) is 8.02. The molecule has 0 unspecified atom stereocenters. The molecule has 5 heteroatoms. The normalized spacial score (nSPS) is 10.0. The lowest BCUT2D eigenvalue weighted by Crippen LogP contribution is -2.25. The number of hydrogen-bond donors (Lipinski definition) is 2. The van der Waals surface area contributed by atoms with E-state index < -0.39 is 0 Å². The second-order valence-corrected chi connectivity index (χ2v) is 5.40. The van der Waals surface area contributed by atoms with Gasteiger partial charge in [0.1, 0.15) is 0 Å². The van der Waals surface area contributed by atoms with Gasteiger partial charge < -0.3 is 15.8 Å². The molecule has 0 aliphatic heterocycles. The Bertz CT molecular complexity index is 605. The van der Waals surface area contributed by atoms with Gasteiger partial charge in [-0.05, 0) is 37.0 Å². The lowest BCUT2D eigenvalue weighted by atomic mass is 10.1. The molecule has 0 atom stereocenters. The van der Waals surface area contributed by atoms with E-state index in [1.54, 1.807) is 12.1 Å². The predicted molar refractivity (Wildman–Crippen MR) is 101 cm³/mol. The Hall–Kier alpha value is -2.04. The Morgan fingerprint density at radius 2 is 1.67 bits per heavy atom. The van der Waals surface area contributed by atoms with Crippen LogP contribution < -0.4 is 11.1 Å². The first kappa shape index (κ1) is 20.0. The largest absolute Gasteiger partial charge is 0.398 e. The van der Waals surface area contributed by atoms with Gasteiger partial charge >= 0.3 is 0 Å². The maximum Gasteiger partial charge on any atom is 0.253 e. The van der Waals surface area contributed by atoms with E-state index in [-0.39, 0.29) is 18.3 Å². The van der Waals surface area contributed by atoms with Crippen molar-refractivity contribution in [2.75, 3.05) is 25.5 Å². The minimum atomic E-state index is -0.118. The Labute approximate surface area is 149 Å². The number of rotatable bonds is 9. The SMILES string of the molecule is Cl.Nc1ccccc1C(=O)NCCCCOCCc1ccccc1. The highest BCUT2D eigenvalue weighted by molar-refractivity contribution is 5.98. The molecule has 4 nitrogen and oxygen atoms in total. The molecule has 0 radical (unpaired) electrons. The first-order valence-corrected chi connectivity index (χ1v) is 8.02. The smallest absolute Gasteiger partial charge is 0.253 e. The standard InChI is InChI=1S/C19H24N2O2.ClH/c20-18-11-5-4-10-17(18)19(22)21-13-6-7-14-23-15-12-16-8-2-1-3-9-16;/h1-5,8-11H,6-7,12-15,20H2,(H,21,22);1H. The van der Waals surface area contributed by atoms with Crippen LogP contribution in [0, 0.1) is 0 Å². The van der Waals surface area contributed by atoms with E-state index in [0.717, 1.165) is 32.5 Å². The third-order valence-electron chi connectivity index (χ3n) is 3.58. The number of para-hydroxylation sites is 1. The molecule has 0 aromatic heterocycles. The van der Waals surface area contributed by atoms with Crippen LogP contribution in [0.25, 0.3) is 0 Å². The maximum absolute atomic E-state index is 11.9. The number of benzene rings is 2. The van der Waals surface area contributed by atoms with E-state index >= 15 is 0 Å². The van der Waals surface area contributed by atoms with Crippen molar-refractivity contribution in [3.8, 4) is 0 Å². The fraction of sp³-hybridized carbons (Fsp3) is 0.316. The van der Waals surface area contributed by atoms with Gasteiger partial charge in [0.15, 0.2) is 0 Å². The van der Waals surface area contributed by atoms with E-state index in [0.29, 0.717) is 17.8 Å². The van der Waals surface area contributed by atoms with Crippen molar-refractivity contribution in [3.05, 3.63) is 65.7 Å². The number of hydrogen-bond acceptors (Lipinski definition) is 3. The number of amides is 1. The highest BCUT2D eigenvalue weighted by Gasteiger charge is 2.07. The van der Waals surface area contributed by atoms with Crippen LogP contribution in [0.5, 0.6) is 0 Å². The summed E-state index contributed by atoms with van der Waals surface area (Å²) in [5.41, 5.74) is 8.11. The lowest BCUT2D eigenvalue weighted by molar-refractivity contribution is 0.0949. The molecule has 1 amide bonds. The molecule has 0 fully saturated rings. The van der Waals surface area contributed by atoms with Gasteiger partial charge in [0, 0.05) is 18.8 Å². The van der Waals surface area contributed by atoms with E-state index in [1.807, 2.05) is 30.3 Å². The van der Waals surface area contributed by atoms with E-state index in [9.17, 15) is 4.79 Å². The second-order valence-electron chi connectivity index (χ2n) is 5.40. The van der Waals surface area contributed by atoms with Crippen molar-refractivity contribution < 1.29 is 9.53 Å². The van der Waals surface area contributed by atoms with Crippen molar-refractivity contribution in [2.24, 2.45) is 0 Å². The average molecular weight is 349 g/mol. The van der Waals surface area contributed by atoms with Crippen molar-refractivity contribution in [2.45, 2.75) is 19.3 Å². The summed E-state index contributed by atoms with van der Waals surface area (Å²) in [4.78, 5) is 11.9. The van der Waals surface area contributed by atoms with E-state index in [4.69, 9.17) is 10.5 Å². The quantitative estimate of drug-likeness (QED) is 0.538. The Morgan fingerprint density at radius 1 is 0.958 bits per heavy atom. The highest BCUT2D eigenvalue weighted by Crippen LogP contribution is 2.09. The topological polar surface area (TPSA) is 64.4 Å². The Balaban J connectivity index is 0.00000288. The van der Waals surface area contributed by atoms with Crippen LogP contribution in [-0.4, -0.2) is 25.7 Å².